The third-order valence-corrected chi connectivity index (χ3v) is 5.24. The fraction of sp³-hybridized carbons (Fsp3) is 0.267. The molecule has 2 aromatic rings. The Labute approximate surface area is 141 Å². The second-order valence-electron chi connectivity index (χ2n) is 4.77. The van der Waals surface area contributed by atoms with Crippen LogP contribution in [0.2, 0.25) is 0 Å². The lowest BCUT2D eigenvalue weighted by molar-refractivity contribution is 0.0957. The molecule has 0 saturated carbocycles. The Morgan fingerprint density at radius 2 is 2.24 bits per heavy atom. The molecule has 21 heavy (non-hydrogen) atoms. The number of hydrogen-bond donors (Lipinski definition) is 2. The quantitative estimate of drug-likeness (QED) is 0.760. The van der Waals surface area contributed by atoms with Crippen molar-refractivity contribution in [2.45, 2.75) is 6.04 Å². The zero-order valence-corrected chi connectivity index (χ0v) is 14.5. The number of hydrogen-bond acceptors (Lipinski definition) is 4. The molecule has 1 amide bonds. The lowest BCUT2D eigenvalue weighted by Gasteiger charge is -2.17. The Kier molecular flexibility index (Phi) is 4.46. The number of amides is 1. The first kappa shape index (κ1) is 14.8. The van der Waals surface area contributed by atoms with E-state index in [1.165, 1.54) is 8.45 Å². The molecule has 0 saturated heterocycles. The molecular weight excluding hydrogens is 399 g/mol. The smallest absolute Gasteiger partial charge is 0.255 e. The van der Waals surface area contributed by atoms with Gasteiger partial charge in [-0.15, -0.1) is 11.3 Å². The highest BCUT2D eigenvalue weighted by atomic mass is 127. The second-order valence-corrected chi connectivity index (χ2v) is 7.57. The van der Waals surface area contributed by atoms with Crippen molar-refractivity contribution in [1.82, 2.24) is 10.6 Å². The van der Waals surface area contributed by atoms with E-state index < -0.39 is 0 Å². The lowest BCUT2D eigenvalue weighted by Crippen LogP contribution is -2.24. The van der Waals surface area contributed by atoms with Crippen LogP contribution in [0.1, 0.15) is 27.5 Å². The maximum atomic E-state index is 12.1. The van der Waals surface area contributed by atoms with Crippen LogP contribution in [0, 0.1) is 2.88 Å². The largest absolute Gasteiger partial charge is 0.491 e. The maximum absolute atomic E-state index is 12.1. The Balaban J connectivity index is 2.00. The van der Waals surface area contributed by atoms with E-state index in [0.717, 1.165) is 5.56 Å². The number of ether oxygens (including phenoxy) is 1. The summed E-state index contributed by atoms with van der Waals surface area (Å²) in [6.07, 6.45) is 0. The van der Waals surface area contributed by atoms with Gasteiger partial charge in [0.25, 0.3) is 5.91 Å². The van der Waals surface area contributed by atoms with Gasteiger partial charge in [-0.3, -0.25) is 4.79 Å². The number of rotatable bonds is 3. The Morgan fingerprint density at radius 3 is 2.95 bits per heavy atom. The lowest BCUT2D eigenvalue weighted by atomic mass is 9.98. The van der Waals surface area contributed by atoms with Crippen molar-refractivity contribution in [3.63, 3.8) is 0 Å². The predicted molar refractivity (Wildman–Crippen MR) is 92.2 cm³/mol. The molecule has 2 heterocycles. The third kappa shape index (κ3) is 3.07. The van der Waals surface area contributed by atoms with E-state index in [9.17, 15) is 4.79 Å². The summed E-state index contributed by atoms with van der Waals surface area (Å²) >= 11 is 4.04. The number of carbonyl (C=O) groups excluding carboxylic acids is 1. The molecular formula is C15H15IN2O2S. The Morgan fingerprint density at radius 1 is 1.38 bits per heavy atom. The third-order valence-electron chi connectivity index (χ3n) is 3.44. The SMILES string of the molecule is CNC(c1csc(I)c1)c1ccc2c(c1)C(=O)NCCO2. The van der Waals surface area contributed by atoms with Crippen molar-refractivity contribution >= 4 is 39.8 Å². The molecule has 1 aromatic heterocycles. The van der Waals surface area contributed by atoms with Crippen molar-refractivity contribution < 1.29 is 9.53 Å². The zero-order chi connectivity index (χ0) is 14.8. The number of thiophene rings is 1. The van der Waals surface area contributed by atoms with Crippen LogP contribution >= 0.6 is 33.9 Å². The molecule has 0 spiro atoms. The molecule has 1 aromatic carbocycles. The van der Waals surface area contributed by atoms with Crippen molar-refractivity contribution in [2.24, 2.45) is 0 Å². The van der Waals surface area contributed by atoms with Crippen LogP contribution in [0.4, 0.5) is 0 Å². The van der Waals surface area contributed by atoms with Crippen molar-refractivity contribution in [3.8, 4) is 5.75 Å². The minimum Gasteiger partial charge on any atom is -0.491 e. The van der Waals surface area contributed by atoms with Gasteiger partial charge < -0.3 is 15.4 Å². The average molecular weight is 414 g/mol. The predicted octanol–water partition coefficient (Wildman–Crippen LogP) is 2.78. The number of fused-ring (bicyclic) bond motifs is 1. The van der Waals surface area contributed by atoms with Gasteiger partial charge in [0.2, 0.25) is 0 Å². The summed E-state index contributed by atoms with van der Waals surface area (Å²) in [5, 5.41) is 8.31. The highest BCUT2D eigenvalue weighted by Crippen LogP contribution is 2.30. The Hall–Kier alpha value is -1.12. The van der Waals surface area contributed by atoms with E-state index in [4.69, 9.17) is 4.74 Å². The molecule has 0 bridgehead atoms. The number of halogens is 1. The van der Waals surface area contributed by atoms with Crippen molar-refractivity contribution in [2.75, 3.05) is 20.2 Å². The van der Waals surface area contributed by atoms with Gasteiger partial charge in [-0.05, 0) is 64.3 Å². The minimum absolute atomic E-state index is 0.0703. The second kappa shape index (κ2) is 6.33. The first-order valence-electron chi connectivity index (χ1n) is 6.65. The highest BCUT2D eigenvalue weighted by Gasteiger charge is 2.20. The van der Waals surface area contributed by atoms with Crippen LogP contribution in [-0.4, -0.2) is 26.1 Å². The summed E-state index contributed by atoms with van der Waals surface area (Å²) in [5.74, 6) is 0.586. The van der Waals surface area contributed by atoms with Gasteiger partial charge >= 0.3 is 0 Å². The summed E-state index contributed by atoms with van der Waals surface area (Å²) in [7, 11) is 1.93. The Bertz CT molecular complexity index is 671. The summed E-state index contributed by atoms with van der Waals surface area (Å²) < 4.78 is 6.84. The number of carbonyl (C=O) groups is 1. The zero-order valence-electron chi connectivity index (χ0n) is 11.5. The fourth-order valence-corrected chi connectivity index (χ4v) is 3.85. The number of benzene rings is 1. The van der Waals surface area contributed by atoms with Crippen LogP contribution in [-0.2, 0) is 0 Å². The van der Waals surface area contributed by atoms with Crippen LogP contribution < -0.4 is 15.4 Å². The van der Waals surface area contributed by atoms with Gasteiger partial charge in [0.1, 0.15) is 12.4 Å². The highest BCUT2D eigenvalue weighted by molar-refractivity contribution is 14.1. The van der Waals surface area contributed by atoms with E-state index in [-0.39, 0.29) is 11.9 Å². The van der Waals surface area contributed by atoms with Gasteiger partial charge in [0.15, 0.2) is 0 Å². The molecule has 3 rings (SSSR count). The van der Waals surface area contributed by atoms with E-state index in [1.807, 2.05) is 25.2 Å². The van der Waals surface area contributed by atoms with Crippen molar-refractivity contribution in [3.05, 3.63) is 49.2 Å². The average Bonchev–Trinajstić information content (AvgIpc) is 2.82. The van der Waals surface area contributed by atoms with E-state index in [1.54, 1.807) is 11.3 Å². The van der Waals surface area contributed by atoms with Gasteiger partial charge in [-0.25, -0.2) is 0 Å². The molecule has 1 unspecified atom stereocenters. The van der Waals surface area contributed by atoms with Crippen LogP contribution in [0.25, 0.3) is 0 Å². The van der Waals surface area contributed by atoms with Crippen LogP contribution in [0.5, 0.6) is 5.75 Å². The van der Waals surface area contributed by atoms with Gasteiger partial charge in [0, 0.05) is 0 Å². The van der Waals surface area contributed by atoms with Crippen molar-refractivity contribution in [1.29, 1.82) is 0 Å². The molecule has 1 aliphatic rings. The summed E-state index contributed by atoms with van der Waals surface area (Å²) in [5.41, 5.74) is 2.88. The maximum Gasteiger partial charge on any atom is 0.255 e. The molecule has 4 nitrogen and oxygen atoms in total. The molecule has 0 fully saturated rings. The van der Waals surface area contributed by atoms with Gasteiger partial charge in [-0.1, -0.05) is 6.07 Å². The van der Waals surface area contributed by atoms with E-state index in [0.29, 0.717) is 24.5 Å². The normalized spacial score (nSPS) is 15.6. The molecule has 1 atom stereocenters. The van der Waals surface area contributed by atoms with E-state index >= 15 is 0 Å². The monoisotopic (exact) mass is 414 g/mol. The first-order chi connectivity index (χ1) is 10.2. The molecule has 110 valence electrons. The van der Waals surface area contributed by atoms with E-state index in [2.05, 4.69) is 44.7 Å². The fourth-order valence-electron chi connectivity index (χ4n) is 2.45. The minimum atomic E-state index is -0.0703. The summed E-state index contributed by atoms with van der Waals surface area (Å²) in [4.78, 5) is 12.1. The molecule has 1 aliphatic heterocycles. The van der Waals surface area contributed by atoms with Gasteiger partial charge in [0.05, 0.1) is 21.0 Å². The topological polar surface area (TPSA) is 50.4 Å². The number of nitrogens with one attached hydrogen (secondary N) is 2. The molecule has 2 N–H and O–H groups in total. The van der Waals surface area contributed by atoms with Crippen LogP contribution in [0.15, 0.2) is 29.6 Å². The molecule has 0 radical (unpaired) electrons. The van der Waals surface area contributed by atoms with Gasteiger partial charge in [-0.2, -0.15) is 0 Å². The molecule has 0 aliphatic carbocycles. The summed E-state index contributed by atoms with van der Waals surface area (Å²) in [6.45, 7) is 1.05. The van der Waals surface area contributed by atoms with Crippen LogP contribution in [0.3, 0.4) is 0 Å². The molecule has 6 heteroatoms. The summed E-state index contributed by atoms with van der Waals surface area (Å²) in [6, 6.07) is 8.06. The standard InChI is InChI=1S/C15H15IN2O2S/c1-17-14(10-7-13(16)21-8-10)9-2-3-12-11(6-9)15(19)18-4-5-20-12/h2-3,6-8,14,17H,4-5H2,1H3,(H,18,19). The first-order valence-corrected chi connectivity index (χ1v) is 8.61.